The fourth-order valence-electron chi connectivity index (χ4n) is 2.07. The highest BCUT2D eigenvalue weighted by atomic mass is 35.5. The number of hydrogen-bond donors (Lipinski definition) is 1. The lowest BCUT2D eigenvalue weighted by molar-refractivity contribution is 0.835. The molecule has 2 heterocycles. The molecular formula is C14H12ClN3. The van der Waals surface area contributed by atoms with Gasteiger partial charge in [-0.1, -0.05) is 11.6 Å². The van der Waals surface area contributed by atoms with E-state index in [1.165, 1.54) is 0 Å². The lowest BCUT2D eigenvalue weighted by atomic mass is 10.2. The van der Waals surface area contributed by atoms with E-state index >= 15 is 0 Å². The van der Waals surface area contributed by atoms with Crippen LogP contribution in [-0.4, -0.2) is 9.55 Å². The van der Waals surface area contributed by atoms with Gasteiger partial charge in [0.2, 0.25) is 0 Å². The van der Waals surface area contributed by atoms with Gasteiger partial charge >= 0.3 is 0 Å². The number of halogens is 1. The molecular weight excluding hydrogens is 246 g/mol. The monoisotopic (exact) mass is 257 g/mol. The molecule has 1 aromatic carbocycles. The molecule has 0 radical (unpaired) electrons. The molecule has 3 nitrogen and oxygen atoms in total. The van der Waals surface area contributed by atoms with Crippen molar-refractivity contribution in [3.63, 3.8) is 0 Å². The SMILES string of the molecule is Nc1ccc2c(ccn2Cc2ccncc2Cl)c1. The van der Waals surface area contributed by atoms with Crippen LogP contribution in [0.1, 0.15) is 5.56 Å². The van der Waals surface area contributed by atoms with E-state index in [0.717, 1.165) is 28.7 Å². The molecule has 3 rings (SSSR count). The van der Waals surface area contributed by atoms with Crippen LogP contribution in [0.2, 0.25) is 5.02 Å². The van der Waals surface area contributed by atoms with Crippen LogP contribution in [0.5, 0.6) is 0 Å². The first-order valence-corrected chi connectivity index (χ1v) is 6.04. The van der Waals surface area contributed by atoms with Gasteiger partial charge in [-0.05, 0) is 35.9 Å². The van der Waals surface area contributed by atoms with Gasteiger partial charge in [0, 0.05) is 41.7 Å². The third kappa shape index (κ3) is 1.93. The quantitative estimate of drug-likeness (QED) is 0.716. The van der Waals surface area contributed by atoms with Crippen LogP contribution in [0, 0.1) is 0 Å². The van der Waals surface area contributed by atoms with Crippen LogP contribution < -0.4 is 5.73 Å². The molecule has 0 unspecified atom stereocenters. The predicted octanol–water partition coefficient (Wildman–Crippen LogP) is 3.32. The van der Waals surface area contributed by atoms with Crippen molar-refractivity contribution in [3.05, 3.63) is 59.5 Å². The van der Waals surface area contributed by atoms with Gasteiger partial charge in [0.05, 0.1) is 5.02 Å². The van der Waals surface area contributed by atoms with Crippen molar-refractivity contribution in [2.45, 2.75) is 6.54 Å². The van der Waals surface area contributed by atoms with Crippen molar-refractivity contribution in [3.8, 4) is 0 Å². The normalized spacial score (nSPS) is 10.9. The second-order valence-electron chi connectivity index (χ2n) is 4.23. The highest BCUT2D eigenvalue weighted by Crippen LogP contribution is 2.21. The molecule has 18 heavy (non-hydrogen) atoms. The van der Waals surface area contributed by atoms with E-state index in [9.17, 15) is 0 Å². The molecule has 0 aliphatic carbocycles. The van der Waals surface area contributed by atoms with Gasteiger partial charge < -0.3 is 10.3 Å². The maximum atomic E-state index is 6.12. The van der Waals surface area contributed by atoms with Crippen molar-refractivity contribution in [2.75, 3.05) is 5.73 Å². The van der Waals surface area contributed by atoms with Crippen LogP contribution in [0.4, 0.5) is 5.69 Å². The number of nitrogen functional groups attached to an aromatic ring is 1. The van der Waals surface area contributed by atoms with Crippen LogP contribution in [0.15, 0.2) is 48.9 Å². The van der Waals surface area contributed by atoms with E-state index in [0.29, 0.717) is 5.02 Å². The summed E-state index contributed by atoms with van der Waals surface area (Å²) >= 11 is 6.12. The summed E-state index contributed by atoms with van der Waals surface area (Å²) < 4.78 is 2.15. The number of benzene rings is 1. The summed E-state index contributed by atoms with van der Waals surface area (Å²) in [5.41, 5.74) is 8.76. The Labute approximate surface area is 110 Å². The molecule has 3 aromatic rings. The zero-order valence-corrected chi connectivity index (χ0v) is 10.4. The smallest absolute Gasteiger partial charge is 0.0639 e. The van der Waals surface area contributed by atoms with Gasteiger partial charge in [-0.3, -0.25) is 4.98 Å². The Morgan fingerprint density at radius 1 is 1.22 bits per heavy atom. The Kier molecular flexibility index (Phi) is 2.68. The maximum Gasteiger partial charge on any atom is 0.0639 e. The van der Waals surface area contributed by atoms with E-state index in [-0.39, 0.29) is 0 Å². The molecule has 0 bridgehead atoms. The van der Waals surface area contributed by atoms with E-state index in [2.05, 4.69) is 15.6 Å². The second kappa shape index (κ2) is 4.35. The fourth-order valence-corrected chi connectivity index (χ4v) is 2.25. The standard InChI is InChI=1S/C14H12ClN3/c15-13-8-17-5-3-11(13)9-18-6-4-10-7-12(16)1-2-14(10)18/h1-8H,9,16H2. The summed E-state index contributed by atoms with van der Waals surface area (Å²) in [5, 5.41) is 1.83. The first-order chi connectivity index (χ1) is 8.74. The molecule has 2 N–H and O–H groups in total. The van der Waals surface area contributed by atoms with Crippen LogP contribution in [-0.2, 0) is 6.54 Å². The highest BCUT2D eigenvalue weighted by molar-refractivity contribution is 6.31. The minimum Gasteiger partial charge on any atom is -0.399 e. The van der Waals surface area contributed by atoms with E-state index in [1.807, 2.05) is 30.5 Å². The molecule has 0 aliphatic heterocycles. The van der Waals surface area contributed by atoms with Crippen molar-refractivity contribution in [1.29, 1.82) is 0 Å². The summed E-state index contributed by atoms with van der Waals surface area (Å²) in [4.78, 5) is 3.99. The Balaban J connectivity index is 2.03. The first-order valence-electron chi connectivity index (χ1n) is 5.67. The lowest BCUT2D eigenvalue weighted by Gasteiger charge is -2.07. The topological polar surface area (TPSA) is 43.8 Å². The van der Waals surface area contributed by atoms with Gasteiger partial charge in [-0.2, -0.15) is 0 Å². The third-order valence-electron chi connectivity index (χ3n) is 2.99. The zero-order valence-electron chi connectivity index (χ0n) is 9.68. The molecule has 0 saturated heterocycles. The Hall–Kier alpha value is -2.00. The summed E-state index contributed by atoms with van der Waals surface area (Å²) in [7, 11) is 0. The zero-order chi connectivity index (χ0) is 12.5. The number of fused-ring (bicyclic) bond motifs is 1. The Morgan fingerprint density at radius 2 is 2.11 bits per heavy atom. The second-order valence-corrected chi connectivity index (χ2v) is 4.64. The number of pyridine rings is 1. The van der Waals surface area contributed by atoms with E-state index < -0.39 is 0 Å². The number of anilines is 1. The third-order valence-corrected chi connectivity index (χ3v) is 3.33. The molecule has 0 spiro atoms. The molecule has 90 valence electrons. The fraction of sp³-hybridized carbons (Fsp3) is 0.0714. The summed E-state index contributed by atoms with van der Waals surface area (Å²) in [5.74, 6) is 0. The highest BCUT2D eigenvalue weighted by Gasteiger charge is 2.04. The van der Waals surface area contributed by atoms with Crippen LogP contribution in [0.25, 0.3) is 10.9 Å². The van der Waals surface area contributed by atoms with Crippen molar-refractivity contribution >= 4 is 28.2 Å². The summed E-state index contributed by atoms with van der Waals surface area (Å²) in [6.07, 6.45) is 5.46. The molecule has 0 saturated carbocycles. The predicted molar refractivity (Wildman–Crippen MR) is 74.7 cm³/mol. The summed E-state index contributed by atoms with van der Waals surface area (Å²) in [6.45, 7) is 0.731. The van der Waals surface area contributed by atoms with Gasteiger partial charge in [0.25, 0.3) is 0 Å². The van der Waals surface area contributed by atoms with Gasteiger partial charge in [-0.25, -0.2) is 0 Å². The van der Waals surface area contributed by atoms with Gasteiger partial charge in [0.1, 0.15) is 0 Å². The van der Waals surface area contributed by atoms with Crippen molar-refractivity contribution in [2.24, 2.45) is 0 Å². The average molecular weight is 258 g/mol. The van der Waals surface area contributed by atoms with Gasteiger partial charge in [-0.15, -0.1) is 0 Å². The molecule has 0 aliphatic rings. The number of hydrogen-bond acceptors (Lipinski definition) is 2. The molecule has 0 amide bonds. The van der Waals surface area contributed by atoms with Crippen molar-refractivity contribution in [1.82, 2.24) is 9.55 Å². The van der Waals surface area contributed by atoms with Gasteiger partial charge in [0.15, 0.2) is 0 Å². The van der Waals surface area contributed by atoms with Crippen molar-refractivity contribution < 1.29 is 0 Å². The van der Waals surface area contributed by atoms with Crippen LogP contribution >= 0.6 is 11.6 Å². The first kappa shape index (κ1) is 11.1. The minimum atomic E-state index is 0.690. The molecule has 2 aromatic heterocycles. The number of aromatic nitrogens is 2. The number of nitrogens with zero attached hydrogens (tertiary/aromatic N) is 2. The lowest BCUT2D eigenvalue weighted by Crippen LogP contribution is -1.98. The number of nitrogens with two attached hydrogens (primary N) is 1. The molecule has 4 heteroatoms. The molecule has 0 fully saturated rings. The Morgan fingerprint density at radius 3 is 2.94 bits per heavy atom. The number of rotatable bonds is 2. The van der Waals surface area contributed by atoms with Crippen LogP contribution in [0.3, 0.4) is 0 Å². The largest absolute Gasteiger partial charge is 0.399 e. The molecule has 0 atom stereocenters. The Bertz CT molecular complexity index is 703. The van der Waals surface area contributed by atoms with E-state index in [4.69, 9.17) is 17.3 Å². The summed E-state index contributed by atoms with van der Waals surface area (Å²) in [6, 6.07) is 9.90. The minimum absolute atomic E-state index is 0.690. The average Bonchev–Trinajstić information content (AvgIpc) is 2.74. The van der Waals surface area contributed by atoms with E-state index in [1.54, 1.807) is 12.4 Å². The maximum absolute atomic E-state index is 6.12.